The van der Waals surface area contributed by atoms with Crippen molar-refractivity contribution in [3.63, 3.8) is 0 Å². The van der Waals surface area contributed by atoms with Gasteiger partial charge in [0.15, 0.2) is 0 Å². The Morgan fingerprint density at radius 1 is 0.610 bits per heavy atom. The first kappa shape index (κ1) is 49.8. The van der Waals surface area contributed by atoms with Crippen molar-refractivity contribution in [2.45, 2.75) is 91.1 Å². The van der Waals surface area contributed by atoms with E-state index in [1.54, 1.807) is 0 Å². The summed E-state index contributed by atoms with van der Waals surface area (Å²) >= 11 is 0. The maximum Gasteiger partial charge on any atom is 0.303 e. The highest BCUT2D eigenvalue weighted by molar-refractivity contribution is 5.93. The van der Waals surface area contributed by atoms with E-state index in [0.29, 0.717) is 36.7 Å². The molecule has 8 N–H and O–H groups in total. The van der Waals surface area contributed by atoms with Crippen molar-refractivity contribution in [2.24, 2.45) is 17.2 Å². The van der Waals surface area contributed by atoms with Gasteiger partial charge in [0.1, 0.15) is 0 Å². The summed E-state index contributed by atoms with van der Waals surface area (Å²) in [5, 5.41) is 11.6. The monoisotopic (exact) mass is 809 g/mol. The third kappa shape index (κ3) is 16.8. The topological polar surface area (TPSA) is 185 Å². The van der Waals surface area contributed by atoms with Crippen LogP contribution in [0.15, 0.2) is 84.9 Å². The minimum atomic E-state index is -0.744. The molecule has 0 saturated heterocycles. The van der Waals surface area contributed by atoms with Gasteiger partial charge < -0.3 is 37.4 Å². The fourth-order valence-corrected chi connectivity index (χ4v) is 6.94. The summed E-state index contributed by atoms with van der Waals surface area (Å²) in [6, 6.07) is 27.6. The lowest BCUT2D eigenvalue weighted by molar-refractivity contribution is -0.137. The molecule has 4 rings (SSSR count). The molecule has 0 spiro atoms. The van der Waals surface area contributed by atoms with E-state index in [1.165, 1.54) is 16.7 Å². The zero-order valence-corrected chi connectivity index (χ0v) is 36.8. The Morgan fingerprint density at radius 2 is 0.966 bits per heavy atom. The van der Waals surface area contributed by atoms with Crippen LogP contribution in [-0.4, -0.2) is 92.0 Å². The molecule has 59 heavy (non-hydrogen) atoms. The number of rotatable bonds is 17. The summed E-state index contributed by atoms with van der Waals surface area (Å²) in [5.74, 6) is -1.19. The van der Waals surface area contributed by atoms with E-state index in [-0.39, 0.29) is 36.1 Å². The number of aryl methyl sites for hydroxylation is 4. The number of benzene rings is 4. The fourth-order valence-electron chi connectivity index (χ4n) is 6.94. The van der Waals surface area contributed by atoms with Crippen LogP contribution >= 0.6 is 0 Å². The van der Waals surface area contributed by atoms with Gasteiger partial charge in [0.05, 0.1) is 6.42 Å². The fraction of sp³-hybridized carbons (Fsp3) is 0.417. The normalized spacial score (nSPS) is 12.9. The Kier molecular flexibility index (Phi) is 20.7. The van der Waals surface area contributed by atoms with Crippen LogP contribution < -0.4 is 22.5 Å². The molecule has 0 saturated carbocycles. The Bertz CT molecular complexity index is 1920. The molecule has 3 amide bonds. The zero-order valence-electron chi connectivity index (χ0n) is 36.8. The maximum atomic E-state index is 12.5. The van der Waals surface area contributed by atoms with Crippen LogP contribution in [0.5, 0.6) is 0 Å². The number of hydrogen-bond donors (Lipinski definition) is 5. The summed E-state index contributed by atoms with van der Waals surface area (Å²) in [7, 11) is 8.09. The number of aliphatic carboxylic acids is 1. The summed E-state index contributed by atoms with van der Waals surface area (Å²) in [5.41, 5.74) is 26.6. The lowest BCUT2D eigenvalue weighted by atomic mass is 9.93. The van der Waals surface area contributed by atoms with Gasteiger partial charge in [-0.1, -0.05) is 74.5 Å². The van der Waals surface area contributed by atoms with Crippen molar-refractivity contribution >= 4 is 23.7 Å². The molecule has 0 bridgehead atoms. The van der Waals surface area contributed by atoms with Gasteiger partial charge in [0, 0.05) is 42.7 Å². The molecule has 4 atom stereocenters. The number of carboxylic acids is 1. The molecule has 320 valence electrons. The van der Waals surface area contributed by atoms with Crippen molar-refractivity contribution in [3.05, 3.63) is 141 Å². The number of nitrogens with two attached hydrogens (primary N) is 3. The first-order chi connectivity index (χ1) is 27.7. The first-order valence-corrected chi connectivity index (χ1v) is 20.2. The molecule has 0 aliphatic carbocycles. The van der Waals surface area contributed by atoms with E-state index in [2.05, 4.69) is 34.2 Å². The molecule has 4 aromatic rings. The smallest absolute Gasteiger partial charge is 0.303 e. The number of amides is 3. The SMILES string of the molecule is C[C@@H](CC(=O)O)c1ccccc1.Cc1cc(C(N)=O)cc(C)c1C[C@@H](CN)N(C)C.Cc1cc(C(N)=O)cc(C)c1C[C@@H](CNC(=O)C[C@H](C)c1ccccc1)N(C)C. The van der Waals surface area contributed by atoms with Gasteiger partial charge in [-0.3, -0.25) is 19.2 Å². The van der Waals surface area contributed by atoms with Gasteiger partial charge in [0.25, 0.3) is 0 Å². The van der Waals surface area contributed by atoms with Crippen molar-refractivity contribution in [1.82, 2.24) is 15.1 Å². The highest BCUT2D eigenvalue weighted by atomic mass is 16.4. The minimum Gasteiger partial charge on any atom is -0.481 e. The Balaban J connectivity index is 0.000000339. The highest BCUT2D eigenvalue weighted by Gasteiger charge is 2.19. The van der Waals surface area contributed by atoms with Gasteiger partial charge >= 0.3 is 5.97 Å². The van der Waals surface area contributed by atoms with Crippen LogP contribution in [0.1, 0.15) is 104 Å². The molecular weight excluding hydrogens is 741 g/mol. The standard InChI is InChI=1S/C24H33N3O2.C14H23N3O.C10H12O2/c1-16(19-9-7-6-8-10-19)13-23(28)26-15-21(27(4)5)14-22-17(2)11-20(24(25)29)12-18(22)3;1-9-5-11(14(16)18)6-10(2)13(9)7-12(8-15)17(3)4;1-8(7-10(11)12)9-5-3-2-4-6-9/h6-12,16,21H,13-15H2,1-5H3,(H2,25,29)(H,26,28);5-6,12H,7-8,15H2,1-4H3,(H2,16,18);2-6,8H,7H2,1H3,(H,11,12)/t16-,21-;12-;8-/m000/s1. The largest absolute Gasteiger partial charge is 0.481 e. The Morgan fingerprint density at radius 3 is 1.29 bits per heavy atom. The van der Waals surface area contributed by atoms with E-state index in [1.807, 2.05) is 136 Å². The second-order valence-corrected chi connectivity index (χ2v) is 16.0. The number of likely N-dealkylation sites (N-methyl/N-ethyl adjacent to an activating group) is 2. The van der Waals surface area contributed by atoms with E-state index >= 15 is 0 Å². The molecule has 11 heteroatoms. The minimum absolute atomic E-state index is 0.0609. The van der Waals surface area contributed by atoms with E-state index in [9.17, 15) is 19.2 Å². The quantitative estimate of drug-likeness (QED) is 0.0825. The molecule has 0 aromatic heterocycles. The summed E-state index contributed by atoms with van der Waals surface area (Å²) in [6.07, 6.45) is 2.35. The first-order valence-electron chi connectivity index (χ1n) is 20.2. The number of carboxylic acid groups (broad SMARTS) is 1. The van der Waals surface area contributed by atoms with Crippen molar-refractivity contribution in [2.75, 3.05) is 41.3 Å². The van der Waals surface area contributed by atoms with Crippen molar-refractivity contribution in [3.8, 4) is 0 Å². The average molecular weight is 809 g/mol. The van der Waals surface area contributed by atoms with Crippen molar-refractivity contribution in [1.29, 1.82) is 0 Å². The number of nitrogens with one attached hydrogen (secondary N) is 1. The lowest BCUT2D eigenvalue weighted by Gasteiger charge is -2.26. The number of carbonyl (C=O) groups excluding carboxylic acids is 3. The molecule has 0 aliphatic rings. The van der Waals surface area contributed by atoms with E-state index < -0.39 is 11.9 Å². The van der Waals surface area contributed by atoms with Crippen LogP contribution in [0.3, 0.4) is 0 Å². The Hall–Kier alpha value is -5.36. The molecule has 11 nitrogen and oxygen atoms in total. The number of carbonyl (C=O) groups is 4. The van der Waals surface area contributed by atoms with Crippen LogP contribution in [0.4, 0.5) is 0 Å². The summed E-state index contributed by atoms with van der Waals surface area (Å²) in [6.45, 7) is 13.2. The Labute approximate surface area is 352 Å². The lowest BCUT2D eigenvalue weighted by Crippen LogP contribution is -2.42. The van der Waals surface area contributed by atoms with Gasteiger partial charge in [-0.15, -0.1) is 0 Å². The average Bonchev–Trinajstić information content (AvgIpc) is 3.17. The second-order valence-electron chi connectivity index (χ2n) is 16.0. The zero-order chi connectivity index (χ0) is 44.4. The van der Waals surface area contributed by atoms with Gasteiger partial charge in [-0.2, -0.15) is 0 Å². The molecule has 0 unspecified atom stereocenters. The maximum absolute atomic E-state index is 12.5. The van der Waals surface area contributed by atoms with Crippen LogP contribution in [0, 0.1) is 27.7 Å². The highest BCUT2D eigenvalue weighted by Crippen LogP contribution is 2.22. The predicted molar refractivity (Wildman–Crippen MR) is 240 cm³/mol. The number of nitrogens with zero attached hydrogens (tertiary/aromatic N) is 2. The third-order valence-corrected chi connectivity index (χ3v) is 10.8. The second kappa shape index (κ2) is 24.5. The van der Waals surface area contributed by atoms with E-state index in [4.69, 9.17) is 22.3 Å². The van der Waals surface area contributed by atoms with Crippen LogP contribution in [-0.2, 0) is 22.4 Å². The molecule has 0 radical (unpaired) electrons. The summed E-state index contributed by atoms with van der Waals surface area (Å²) in [4.78, 5) is 49.8. The molecule has 4 aromatic carbocycles. The molecule has 0 fully saturated rings. The number of primary amides is 2. The number of hydrogen-bond acceptors (Lipinski definition) is 7. The van der Waals surface area contributed by atoms with Crippen LogP contribution in [0.2, 0.25) is 0 Å². The van der Waals surface area contributed by atoms with Gasteiger partial charge in [-0.25, -0.2) is 0 Å². The summed E-state index contributed by atoms with van der Waals surface area (Å²) < 4.78 is 0. The van der Waals surface area contributed by atoms with Crippen molar-refractivity contribution < 1.29 is 24.3 Å². The molecule has 0 heterocycles. The molecule has 0 aliphatic heterocycles. The van der Waals surface area contributed by atoms with Gasteiger partial charge in [-0.05, 0) is 149 Å². The molecular formula is C48H68N6O5. The van der Waals surface area contributed by atoms with Crippen LogP contribution in [0.25, 0.3) is 0 Å². The third-order valence-electron chi connectivity index (χ3n) is 10.8. The van der Waals surface area contributed by atoms with E-state index in [0.717, 1.165) is 40.7 Å². The predicted octanol–water partition coefficient (Wildman–Crippen LogP) is 6.28. The van der Waals surface area contributed by atoms with Gasteiger partial charge in [0.2, 0.25) is 17.7 Å².